The fourth-order valence-corrected chi connectivity index (χ4v) is 4.03. The van der Waals surface area contributed by atoms with Crippen molar-refractivity contribution < 1.29 is 9.84 Å². The van der Waals surface area contributed by atoms with Gasteiger partial charge in [-0.15, -0.1) is 24.0 Å². The molecular weight excluding hydrogens is 515 g/mol. The minimum absolute atomic E-state index is 0. The Morgan fingerprint density at radius 2 is 1.91 bits per heavy atom. The summed E-state index contributed by atoms with van der Waals surface area (Å²) in [6.07, 6.45) is 1.49. The minimum Gasteiger partial charge on any atom is -0.497 e. The Morgan fingerprint density at radius 3 is 2.53 bits per heavy atom. The van der Waals surface area contributed by atoms with Gasteiger partial charge >= 0.3 is 0 Å². The third kappa shape index (κ3) is 7.94. The van der Waals surface area contributed by atoms with Gasteiger partial charge in [0.05, 0.1) is 19.8 Å². The Kier molecular flexibility index (Phi) is 11.3. The highest BCUT2D eigenvalue weighted by Gasteiger charge is 2.26. The van der Waals surface area contributed by atoms with E-state index in [0.717, 1.165) is 49.7 Å². The maximum absolute atomic E-state index is 10.5. The molecule has 0 bridgehead atoms. The van der Waals surface area contributed by atoms with Crippen molar-refractivity contribution in [2.75, 3.05) is 26.7 Å². The highest BCUT2D eigenvalue weighted by atomic mass is 127. The molecule has 32 heavy (non-hydrogen) atoms. The predicted octanol–water partition coefficient (Wildman–Crippen LogP) is 3.95. The molecule has 1 fully saturated rings. The molecule has 1 aliphatic heterocycles. The molecule has 3 atom stereocenters. The lowest BCUT2D eigenvalue weighted by Gasteiger charge is -2.38. The summed E-state index contributed by atoms with van der Waals surface area (Å²) < 4.78 is 5.18. The molecule has 0 amide bonds. The van der Waals surface area contributed by atoms with E-state index in [-0.39, 0.29) is 24.0 Å². The lowest BCUT2D eigenvalue weighted by atomic mass is 9.97. The standard InChI is InChI=1S/C25H36N4O2.HI/c1-4-26-25(27-17-24(30)21-10-12-23(31-3)13-11-21)28-22-14-15-29(19(2)16-22)18-20-8-6-5-7-9-20;/h5-13,19,22,24,30H,4,14-18H2,1-3H3,(H2,26,27,28);1H. The van der Waals surface area contributed by atoms with E-state index in [9.17, 15) is 5.11 Å². The molecule has 0 radical (unpaired) electrons. The minimum atomic E-state index is -0.645. The normalized spacial score (nSPS) is 20.2. The van der Waals surface area contributed by atoms with E-state index in [1.54, 1.807) is 7.11 Å². The van der Waals surface area contributed by atoms with Crippen molar-refractivity contribution in [2.24, 2.45) is 4.99 Å². The molecule has 0 spiro atoms. The fraction of sp³-hybridized carbons (Fsp3) is 0.480. The zero-order valence-electron chi connectivity index (χ0n) is 19.3. The molecule has 1 saturated heterocycles. The molecule has 176 valence electrons. The SMILES string of the molecule is CCNC(=NCC(O)c1ccc(OC)cc1)NC1CCN(Cc2ccccc2)C(C)C1.I. The summed E-state index contributed by atoms with van der Waals surface area (Å²) >= 11 is 0. The first-order valence-corrected chi connectivity index (χ1v) is 11.2. The Balaban J connectivity index is 0.00000363. The lowest BCUT2D eigenvalue weighted by molar-refractivity contribution is 0.134. The highest BCUT2D eigenvalue weighted by molar-refractivity contribution is 14.0. The van der Waals surface area contributed by atoms with Gasteiger partial charge in [-0.25, -0.2) is 0 Å². The third-order valence-corrected chi connectivity index (χ3v) is 5.85. The summed E-state index contributed by atoms with van der Waals surface area (Å²) in [6, 6.07) is 19.0. The molecule has 0 aromatic heterocycles. The molecule has 7 heteroatoms. The number of likely N-dealkylation sites (tertiary alicyclic amines) is 1. The van der Waals surface area contributed by atoms with Crippen LogP contribution in [0.25, 0.3) is 0 Å². The van der Waals surface area contributed by atoms with Crippen LogP contribution in [0.1, 0.15) is 43.9 Å². The molecule has 6 nitrogen and oxygen atoms in total. The number of guanidine groups is 1. The molecule has 3 unspecified atom stereocenters. The average molecular weight is 553 g/mol. The largest absolute Gasteiger partial charge is 0.497 e. The first-order chi connectivity index (χ1) is 15.1. The number of methoxy groups -OCH3 is 1. The monoisotopic (exact) mass is 552 g/mol. The van der Waals surface area contributed by atoms with Gasteiger partial charge in [-0.05, 0) is 49.9 Å². The first-order valence-electron chi connectivity index (χ1n) is 11.2. The van der Waals surface area contributed by atoms with Crippen molar-refractivity contribution in [3.05, 3.63) is 65.7 Å². The van der Waals surface area contributed by atoms with Gasteiger partial charge in [-0.2, -0.15) is 0 Å². The van der Waals surface area contributed by atoms with Crippen LogP contribution in [-0.2, 0) is 6.54 Å². The number of halogens is 1. The number of benzene rings is 2. The number of hydrogen-bond donors (Lipinski definition) is 3. The van der Waals surface area contributed by atoms with E-state index in [1.807, 2.05) is 24.3 Å². The van der Waals surface area contributed by atoms with Gasteiger partial charge in [-0.1, -0.05) is 42.5 Å². The van der Waals surface area contributed by atoms with Crippen molar-refractivity contribution >= 4 is 29.9 Å². The maximum atomic E-state index is 10.5. The Bertz CT molecular complexity index is 816. The molecule has 2 aromatic rings. The summed E-state index contributed by atoms with van der Waals surface area (Å²) in [4.78, 5) is 7.18. The smallest absolute Gasteiger partial charge is 0.191 e. The average Bonchev–Trinajstić information content (AvgIpc) is 2.80. The Hall–Kier alpha value is -1.84. The predicted molar refractivity (Wildman–Crippen MR) is 142 cm³/mol. The van der Waals surface area contributed by atoms with E-state index in [0.29, 0.717) is 18.6 Å². The van der Waals surface area contributed by atoms with Gasteiger partial charge in [-0.3, -0.25) is 9.89 Å². The molecule has 0 saturated carbocycles. The van der Waals surface area contributed by atoms with E-state index in [4.69, 9.17) is 4.74 Å². The van der Waals surface area contributed by atoms with E-state index >= 15 is 0 Å². The van der Waals surface area contributed by atoms with Crippen molar-refractivity contribution in [3.63, 3.8) is 0 Å². The molecule has 2 aromatic carbocycles. The second-order valence-electron chi connectivity index (χ2n) is 8.18. The highest BCUT2D eigenvalue weighted by Crippen LogP contribution is 2.20. The maximum Gasteiger partial charge on any atom is 0.191 e. The van der Waals surface area contributed by atoms with Gasteiger partial charge in [0.15, 0.2) is 5.96 Å². The summed E-state index contributed by atoms with van der Waals surface area (Å²) in [5.74, 6) is 1.55. The number of hydrogen-bond acceptors (Lipinski definition) is 4. The van der Waals surface area contributed by atoms with E-state index in [1.165, 1.54) is 5.56 Å². The lowest BCUT2D eigenvalue weighted by Crippen LogP contribution is -2.51. The molecule has 3 N–H and O–H groups in total. The number of nitrogens with one attached hydrogen (secondary N) is 2. The van der Waals surface area contributed by atoms with Crippen LogP contribution >= 0.6 is 24.0 Å². The van der Waals surface area contributed by atoms with Crippen molar-refractivity contribution in [2.45, 2.75) is 51.4 Å². The van der Waals surface area contributed by atoms with Crippen LogP contribution in [0.4, 0.5) is 0 Å². The fourth-order valence-electron chi connectivity index (χ4n) is 4.03. The summed E-state index contributed by atoms with van der Waals surface area (Å²) in [5, 5.41) is 17.4. The van der Waals surface area contributed by atoms with Crippen molar-refractivity contribution in [1.82, 2.24) is 15.5 Å². The summed E-state index contributed by atoms with van der Waals surface area (Å²) in [5.41, 5.74) is 2.20. The number of aliphatic imine (C=N–C) groups is 1. The zero-order valence-corrected chi connectivity index (χ0v) is 21.7. The Labute approximate surface area is 209 Å². The molecule has 1 heterocycles. The number of ether oxygens (including phenoxy) is 1. The van der Waals surface area contributed by atoms with Crippen LogP contribution in [-0.4, -0.2) is 54.8 Å². The number of nitrogens with zero attached hydrogens (tertiary/aromatic N) is 2. The van der Waals surface area contributed by atoms with Crippen LogP contribution in [0, 0.1) is 0 Å². The van der Waals surface area contributed by atoms with Gasteiger partial charge in [0.2, 0.25) is 0 Å². The number of aliphatic hydroxyl groups is 1. The number of aliphatic hydroxyl groups excluding tert-OH is 1. The van der Waals surface area contributed by atoms with Gasteiger partial charge in [0.25, 0.3) is 0 Å². The van der Waals surface area contributed by atoms with Gasteiger partial charge in [0.1, 0.15) is 5.75 Å². The second-order valence-corrected chi connectivity index (χ2v) is 8.18. The molecule has 3 rings (SSSR count). The quantitative estimate of drug-likeness (QED) is 0.263. The van der Waals surface area contributed by atoms with Gasteiger partial charge in [0, 0.05) is 31.7 Å². The Morgan fingerprint density at radius 1 is 1.19 bits per heavy atom. The van der Waals surface area contributed by atoms with E-state index < -0.39 is 6.10 Å². The summed E-state index contributed by atoms with van der Waals surface area (Å²) in [7, 11) is 1.64. The van der Waals surface area contributed by atoms with Gasteiger partial charge < -0.3 is 20.5 Å². The van der Waals surface area contributed by atoms with Crippen LogP contribution in [0.2, 0.25) is 0 Å². The zero-order chi connectivity index (χ0) is 22.1. The third-order valence-electron chi connectivity index (χ3n) is 5.85. The van der Waals surface area contributed by atoms with E-state index in [2.05, 4.69) is 64.7 Å². The van der Waals surface area contributed by atoms with Crippen molar-refractivity contribution in [1.29, 1.82) is 0 Å². The summed E-state index contributed by atoms with van der Waals surface area (Å²) in [6.45, 7) is 7.51. The first kappa shape index (κ1) is 26.4. The van der Waals surface area contributed by atoms with Crippen LogP contribution < -0.4 is 15.4 Å². The topological polar surface area (TPSA) is 69.1 Å². The molecule has 1 aliphatic rings. The number of rotatable bonds is 8. The molecule has 0 aliphatic carbocycles. The van der Waals surface area contributed by atoms with Crippen molar-refractivity contribution in [3.8, 4) is 5.75 Å². The van der Waals surface area contributed by atoms with Crippen LogP contribution in [0.15, 0.2) is 59.6 Å². The second kappa shape index (κ2) is 13.6. The number of piperidine rings is 1. The molecular formula is C25H37IN4O2. The van der Waals surface area contributed by atoms with Crippen LogP contribution in [0.3, 0.4) is 0 Å². The van der Waals surface area contributed by atoms with Crippen LogP contribution in [0.5, 0.6) is 5.75 Å².